The first-order chi connectivity index (χ1) is 15.0. The van der Waals surface area contributed by atoms with Crippen LogP contribution in [0.1, 0.15) is 38.1 Å². The van der Waals surface area contributed by atoms with E-state index >= 15 is 0 Å². The summed E-state index contributed by atoms with van der Waals surface area (Å²) in [6, 6.07) is 6.60. The van der Waals surface area contributed by atoms with E-state index in [9.17, 15) is 9.18 Å². The number of ether oxygens (including phenoxy) is 1. The molecule has 0 radical (unpaired) electrons. The molecule has 9 heteroatoms. The summed E-state index contributed by atoms with van der Waals surface area (Å²) in [7, 11) is 0. The summed E-state index contributed by atoms with van der Waals surface area (Å²) in [5, 5.41) is 3.84. The van der Waals surface area contributed by atoms with E-state index in [2.05, 4.69) is 38.3 Å². The zero-order valence-corrected chi connectivity index (χ0v) is 19.2. The van der Waals surface area contributed by atoms with Crippen molar-refractivity contribution in [2.45, 2.75) is 39.2 Å². The third-order valence-electron chi connectivity index (χ3n) is 5.26. The molecule has 170 valence electrons. The largest absolute Gasteiger partial charge is 0.379 e. The molecule has 31 heavy (non-hydrogen) atoms. The average Bonchev–Trinajstić information content (AvgIpc) is 3.21. The van der Waals surface area contributed by atoms with Crippen molar-refractivity contribution in [3.05, 3.63) is 41.5 Å². The van der Waals surface area contributed by atoms with E-state index < -0.39 is 0 Å². The molecule has 1 saturated heterocycles. The molecule has 2 heterocycles. The van der Waals surface area contributed by atoms with Crippen molar-refractivity contribution in [1.29, 1.82) is 0 Å². The van der Waals surface area contributed by atoms with Crippen molar-refractivity contribution in [2.24, 2.45) is 0 Å². The predicted molar refractivity (Wildman–Crippen MR) is 121 cm³/mol. The van der Waals surface area contributed by atoms with Crippen LogP contribution in [0.15, 0.2) is 24.3 Å². The lowest BCUT2D eigenvalue weighted by atomic mass is 10.1. The fourth-order valence-corrected chi connectivity index (χ4v) is 4.30. The van der Waals surface area contributed by atoms with Crippen LogP contribution in [0.3, 0.4) is 0 Å². The van der Waals surface area contributed by atoms with E-state index in [4.69, 9.17) is 4.74 Å². The van der Waals surface area contributed by atoms with E-state index in [-0.39, 0.29) is 17.8 Å². The highest BCUT2D eigenvalue weighted by Gasteiger charge is 2.17. The Morgan fingerprint density at radius 2 is 2.03 bits per heavy atom. The fourth-order valence-electron chi connectivity index (χ4n) is 3.46. The molecule has 0 atom stereocenters. The average molecular weight is 450 g/mol. The maximum atomic E-state index is 13.1. The van der Waals surface area contributed by atoms with Gasteiger partial charge in [0.25, 0.3) is 0 Å². The minimum atomic E-state index is -0.249. The van der Waals surface area contributed by atoms with Gasteiger partial charge in [0.15, 0.2) is 0 Å². The SMILES string of the molecule is CC(C)N(CCC(=O)NCCCN1CCOCC1)c1nc(Cc2ccc(F)cc2)ns1. The van der Waals surface area contributed by atoms with Crippen LogP contribution in [0.5, 0.6) is 0 Å². The molecule has 3 rings (SSSR count). The second kappa shape index (κ2) is 12.1. The lowest BCUT2D eigenvalue weighted by Gasteiger charge is -2.26. The number of hydrogen-bond acceptors (Lipinski definition) is 7. The molecule has 1 aliphatic heterocycles. The molecule has 7 nitrogen and oxygen atoms in total. The Morgan fingerprint density at radius 3 is 2.74 bits per heavy atom. The second-order valence-electron chi connectivity index (χ2n) is 7.99. The van der Waals surface area contributed by atoms with Gasteiger partial charge in [-0.3, -0.25) is 9.69 Å². The fraction of sp³-hybridized carbons (Fsp3) is 0.591. The third-order valence-corrected chi connectivity index (χ3v) is 6.05. The number of nitrogens with zero attached hydrogens (tertiary/aromatic N) is 4. The summed E-state index contributed by atoms with van der Waals surface area (Å²) in [6.07, 6.45) is 1.93. The van der Waals surface area contributed by atoms with Gasteiger partial charge in [0, 0.05) is 56.6 Å². The Kier molecular flexibility index (Phi) is 9.17. The first-order valence-corrected chi connectivity index (χ1v) is 11.7. The first-order valence-electron chi connectivity index (χ1n) is 10.9. The number of morpholine rings is 1. The molecule has 1 fully saturated rings. The second-order valence-corrected chi connectivity index (χ2v) is 8.72. The number of carbonyl (C=O) groups is 1. The quantitative estimate of drug-likeness (QED) is 0.532. The van der Waals surface area contributed by atoms with Crippen LogP contribution in [-0.4, -0.2) is 72.1 Å². The number of nitrogens with one attached hydrogen (secondary N) is 1. The monoisotopic (exact) mass is 449 g/mol. The highest BCUT2D eigenvalue weighted by molar-refractivity contribution is 7.09. The highest BCUT2D eigenvalue weighted by Crippen LogP contribution is 2.21. The normalized spacial score (nSPS) is 14.7. The van der Waals surface area contributed by atoms with E-state index in [1.807, 2.05) is 0 Å². The number of amides is 1. The van der Waals surface area contributed by atoms with Crippen LogP contribution in [0, 0.1) is 5.82 Å². The Morgan fingerprint density at radius 1 is 1.29 bits per heavy atom. The number of halogens is 1. The zero-order chi connectivity index (χ0) is 22.1. The van der Waals surface area contributed by atoms with Crippen molar-refractivity contribution in [2.75, 3.05) is 50.8 Å². The molecule has 0 spiro atoms. The molecule has 1 aromatic carbocycles. The van der Waals surface area contributed by atoms with Gasteiger partial charge in [-0.25, -0.2) is 9.37 Å². The van der Waals surface area contributed by atoms with Crippen molar-refractivity contribution < 1.29 is 13.9 Å². The van der Waals surface area contributed by atoms with Gasteiger partial charge in [0.1, 0.15) is 11.6 Å². The lowest BCUT2D eigenvalue weighted by Crippen LogP contribution is -2.38. The Bertz CT molecular complexity index is 808. The van der Waals surface area contributed by atoms with E-state index in [0.717, 1.165) is 50.0 Å². The van der Waals surface area contributed by atoms with Gasteiger partial charge in [0.05, 0.1) is 13.2 Å². The topological polar surface area (TPSA) is 70.6 Å². The third kappa shape index (κ3) is 7.83. The van der Waals surface area contributed by atoms with Crippen molar-refractivity contribution >= 4 is 22.6 Å². The van der Waals surface area contributed by atoms with Gasteiger partial charge in [-0.2, -0.15) is 4.37 Å². The lowest BCUT2D eigenvalue weighted by molar-refractivity contribution is -0.120. The van der Waals surface area contributed by atoms with E-state index in [0.29, 0.717) is 31.8 Å². The summed E-state index contributed by atoms with van der Waals surface area (Å²) in [6.45, 7) is 10.00. The molecular formula is C22H32FN5O2S. The highest BCUT2D eigenvalue weighted by atomic mass is 32.1. The van der Waals surface area contributed by atoms with Crippen molar-refractivity contribution in [3.63, 3.8) is 0 Å². The van der Waals surface area contributed by atoms with Crippen LogP contribution in [-0.2, 0) is 16.0 Å². The van der Waals surface area contributed by atoms with Crippen LogP contribution >= 0.6 is 11.5 Å². The number of benzene rings is 1. The minimum absolute atomic E-state index is 0.0590. The van der Waals surface area contributed by atoms with Gasteiger partial charge in [-0.15, -0.1) is 0 Å². The predicted octanol–water partition coefficient (Wildman–Crippen LogP) is 2.71. The number of carbonyl (C=O) groups excluding carboxylic acids is 1. The van der Waals surface area contributed by atoms with Gasteiger partial charge < -0.3 is 15.0 Å². The summed E-state index contributed by atoms with van der Waals surface area (Å²) in [5.41, 5.74) is 0.971. The van der Waals surface area contributed by atoms with Crippen LogP contribution in [0.2, 0.25) is 0 Å². The molecule has 0 saturated carbocycles. The maximum absolute atomic E-state index is 13.1. The van der Waals surface area contributed by atoms with Gasteiger partial charge >= 0.3 is 0 Å². The smallest absolute Gasteiger partial charge is 0.221 e. The van der Waals surface area contributed by atoms with Gasteiger partial charge in [-0.1, -0.05) is 12.1 Å². The standard InChI is InChI=1S/C22H32FN5O2S/c1-17(2)28(11-8-21(29)24-9-3-10-27-12-14-30-15-13-27)22-25-20(26-31-22)16-18-4-6-19(23)7-5-18/h4-7,17H,3,8-16H2,1-2H3,(H,24,29). The van der Waals surface area contributed by atoms with Crippen molar-refractivity contribution in [1.82, 2.24) is 19.6 Å². The molecule has 0 unspecified atom stereocenters. The first kappa shape index (κ1) is 23.6. The Labute approximate surface area is 187 Å². The number of aromatic nitrogens is 2. The Hall–Kier alpha value is -2.10. The van der Waals surface area contributed by atoms with E-state index in [1.54, 1.807) is 12.1 Å². The van der Waals surface area contributed by atoms with Crippen LogP contribution in [0.4, 0.5) is 9.52 Å². The molecule has 1 aliphatic rings. The van der Waals surface area contributed by atoms with Crippen LogP contribution < -0.4 is 10.2 Å². The summed E-state index contributed by atoms with van der Waals surface area (Å²) < 4.78 is 22.9. The summed E-state index contributed by atoms with van der Waals surface area (Å²) >= 11 is 1.34. The van der Waals surface area contributed by atoms with Crippen LogP contribution in [0.25, 0.3) is 0 Å². The zero-order valence-electron chi connectivity index (χ0n) is 18.3. The molecule has 1 N–H and O–H groups in total. The number of anilines is 1. The minimum Gasteiger partial charge on any atom is -0.379 e. The maximum Gasteiger partial charge on any atom is 0.221 e. The molecule has 1 aromatic heterocycles. The van der Waals surface area contributed by atoms with Crippen molar-refractivity contribution in [3.8, 4) is 0 Å². The van der Waals surface area contributed by atoms with E-state index in [1.165, 1.54) is 23.7 Å². The van der Waals surface area contributed by atoms with Gasteiger partial charge in [-0.05, 0) is 44.5 Å². The molecule has 2 aromatic rings. The number of rotatable bonds is 11. The Balaban J connectivity index is 1.42. The molecule has 0 bridgehead atoms. The summed E-state index contributed by atoms with van der Waals surface area (Å²) in [4.78, 5) is 21.4. The molecular weight excluding hydrogens is 417 g/mol. The number of hydrogen-bond donors (Lipinski definition) is 1. The molecule has 1 amide bonds. The summed E-state index contributed by atoms with van der Waals surface area (Å²) in [5.74, 6) is 0.523. The molecule has 0 aliphatic carbocycles. The van der Waals surface area contributed by atoms with Gasteiger partial charge in [0.2, 0.25) is 11.0 Å².